The maximum atomic E-state index is 2.41. The minimum absolute atomic E-state index is 0.525. The van der Waals surface area contributed by atoms with E-state index >= 15 is 0 Å². The molecule has 0 aliphatic heterocycles. The first kappa shape index (κ1) is 14.0. The van der Waals surface area contributed by atoms with Crippen LogP contribution in [0, 0.1) is 11.3 Å². The Labute approximate surface area is 91.5 Å². The van der Waals surface area contributed by atoms with E-state index in [2.05, 4.69) is 34.6 Å². The Balaban J connectivity index is 3.32. The Morgan fingerprint density at radius 3 is 2.07 bits per heavy atom. The van der Waals surface area contributed by atoms with Crippen molar-refractivity contribution < 1.29 is 0 Å². The summed E-state index contributed by atoms with van der Waals surface area (Å²) in [5, 5.41) is 0. The maximum Gasteiger partial charge on any atom is -0.0383 e. The molecule has 0 aromatic heterocycles. The second-order valence-corrected chi connectivity index (χ2v) is 6.05. The summed E-state index contributed by atoms with van der Waals surface area (Å²) < 4.78 is 0. The van der Waals surface area contributed by atoms with Crippen LogP contribution in [0.25, 0.3) is 0 Å². The quantitative estimate of drug-likeness (QED) is 0.479. The summed E-state index contributed by atoms with van der Waals surface area (Å²) in [5.41, 5.74) is 0.525. The zero-order valence-corrected chi connectivity index (χ0v) is 11.0. The molecule has 86 valence electrons. The SMILES string of the molecule is CCCCCCC(C)CCC(C)(C)C. The Hall–Kier alpha value is 0. The van der Waals surface area contributed by atoms with E-state index in [1.165, 1.54) is 44.9 Å². The predicted octanol–water partition coefficient (Wildman–Crippen LogP) is 5.42. The lowest BCUT2D eigenvalue weighted by atomic mass is 9.86. The zero-order valence-electron chi connectivity index (χ0n) is 11.0. The van der Waals surface area contributed by atoms with E-state index in [1.54, 1.807) is 0 Å². The Morgan fingerprint density at radius 2 is 1.57 bits per heavy atom. The van der Waals surface area contributed by atoms with Crippen molar-refractivity contribution in [1.82, 2.24) is 0 Å². The van der Waals surface area contributed by atoms with Gasteiger partial charge in [-0.05, 0) is 17.8 Å². The molecule has 0 heteroatoms. The molecule has 0 aliphatic carbocycles. The summed E-state index contributed by atoms with van der Waals surface area (Å²) in [4.78, 5) is 0. The van der Waals surface area contributed by atoms with Crippen LogP contribution < -0.4 is 0 Å². The zero-order chi connectivity index (χ0) is 11.0. The largest absolute Gasteiger partial charge is 0.0654 e. The summed E-state index contributed by atoms with van der Waals surface area (Å²) in [7, 11) is 0. The molecule has 0 amide bonds. The average Bonchev–Trinajstić information content (AvgIpc) is 2.08. The number of hydrogen-bond donors (Lipinski definition) is 0. The van der Waals surface area contributed by atoms with Crippen LogP contribution in [0.2, 0.25) is 0 Å². The topological polar surface area (TPSA) is 0 Å². The molecule has 14 heavy (non-hydrogen) atoms. The van der Waals surface area contributed by atoms with Gasteiger partial charge in [-0.2, -0.15) is 0 Å². The van der Waals surface area contributed by atoms with Crippen molar-refractivity contribution >= 4 is 0 Å². The van der Waals surface area contributed by atoms with Crippen LogP contribution in [-0.4, -0.2) is 0 Å². The van der Waals surface area contributed by atoms with Crippen LogP contribution in [0.3, 0.4) is 0 Å². The second kappa shape index (κ2) is 7.31. The van der Waals surface area contributed by atoms with Crippen molar-refractivity contribution in [3.8, 4) is 0 Å². The standard InChI is InChI=1S/C14H30/c1-6-7-8-9-10-13(2)11-12-14(3,4)5/h13H,6-12H2,1-5H3. The van der Waals surface area contributed by atoms with Crippen LogP contribution in [0.15, 0.2) is 0 Å². The van der Waals surface area contributed by atoms with Gasteiger partial charge in [0, 0.05) is 0 Å². The van der Waals surface area contributed by atoms with Gasteiger partial charge in [0.25, 0.3) is 0 Å². The minimum atomic E-state index is 0.525. The molecule has 0 fully saturated rings. The molecule has 0 aromatic carbocycles. The predicted molar refractivity (Wildman–Crippen MR) is 66.6 cm³/mol. The highest BCUT2D eigenvalue weighted by molar-refractivity contribution is 4.64. The molecule has 0 N–H and O–H groups in total. The van der Waals surface area contributed by atoms with Crippen molar-refractivity contribution in [1.29, 1.82) is 0 Å². The Morgan fingerprint density at radius 1 is 0.929 bits per heavy atom. The van der Waals surface area contributed by atoms with Crippen molar-refractivity contribution in [2.24, 2.45) is 11.3 Å². The van der Waals surface area contributed by atoms with Gasteiger partial charge in [0.2, 0.25) is 0 Å². The number of hydrogen-bond acceptors (Lipinski definition) is 0. The molecular weight excluding hydrogens is 168 g/mol. The smallest absolute Gasteiger partial charge is 0.0383 e. The Bertz CT molecular complexity index is 118. The third-order valence-electron chi connectivity index (χ3n) is 2.94. The highest BCUT2D eigenvalue weighted by atomic mass is 14.2. The third-order valence-corrected chi connectivity index (χ3v) is 2.94. The third kappa shape index (κ3) is 10.1. The molecule has 0 heterocycles. The van der Waals surface area contributed by atoms with Crippen LogP contribution in [0.5, 0.6) is 0 Å². The monoisotopic (exact) mass is 198 g/mol. The fraction of sp³-hybridized carbons (Fsp3) is 1.00. The van der Waals surface area contributed by atoms with Gasteiger partial charge in [-0.1, -0.05) is 73.1 Å². The van der Waals surface area contributed by atoms with Crippen LogP contribution in [0.1, 0.15) is 79.6 Å². The van der Waals surface area contributed by atoms with Gasteiger partial charge in [-0.15, -0.1) is 0 Å². The molecule has 1 unspecified atom stereocenters. The molecule has 0 spiro atoms. The minimum Gasteiger partial charge on any atom is -0.0654 e. The van der Waals surface area contributed by atoms with E-state index in [9.17, 15) is 0 Å². The molecule has 0 saturated heterocycles. The summed E-state index contributed by atoms with van der Waals surface area (Å²) in [6, 6.07) is 0. The van der Waals surface area contributed by atoms with Crippen molar-refractivity contribution in [3.05, 3.63) is 0 Å². The van der Waals surface area contributed by atoms with Gasteiger partial charge in [0.1, 0.15) is 0 Å². The van der Waals surface area contributed by atoms with Gasteiger partial charge in [-0.25, -0.2) is 0 Å². The highest BCUT2D eigenvalue weighted by Crippen LogP contribution is 2.25. The number of unbranched alkanes of at least 4 members (excludes halogenated alkanes) is 3. The first-order chi connectivity index (χ1) is 6.45. The van der Waals surface area contributed by atoms with Gasteiger partial charge < -0.3 is 0 Å². The summed E-state index contributed by atoms with van der Waals surface area (Å²) in [6.45, 7) is 11.7. The fourth-order valence-corrected chi connectivity index (χ4v) is 1.74. The van der Waals surface area contributed by atoms with Crippen molar-refractivity contribution in [2.75, 3.05) is 0 Å². The molecular formula is C14H30. The maximum absolute atomic E-state index is 2.41. The fourth-order valence-electron chi connectivity index (χ4n) is 1.74. The molecule has 1 atom stereocenters. The van der Waals surface area contributed by atoms with Crippen LogP contribution in [-0.2, 0) is 0 Å². The first-order valence-corrected chi connectivity index (χ1v) is 6.45. The van der Waals surface area contributed by atoms with E-state index in [0.717, 1.165) is 5.92 Å². The van der Waals surface area contributed by atoms with Gasteiger partial charge in [-0.3, -0.25) is 0 Å². The molecule has 0 nitrogen and oxygen atoms in total. The van der Waals surface area contributed by atoms with E-state index in [-0.39, 0.29) is 0 Å². The molecule has 0 radical (unpaired) electrons. The average molecular weight is 198 g/mol. The molecule has 0 aliphatic rings. The van der Waals surface area contributed by atoms with E-state index in [4.69, 9.17) is 0 Å². The lowest BCUT2D eigenvalue weighted by Crippen LogP contribution is -2.07. The molecule has 0 saturated carbocycles. The first-order valence-electron chi connectivity index (χ1n) is 6.45. The van der Waals surface area contributed by atoms with Crippen LogP contribution in [0.4, 0.5) is 0 Å². The highest BCUT2D eigenvalue weighted by Gasteiger charge is 2.12. The van der Waals surface area contributed by atoms with E-state index in [1.807, 2.05) is 0 Å². The Kier molecular flexibility index (Phi) is 7.31. The van der Waals surface area contributed by atoms with Crippen molar-refractivity contribution in [3.63, 3.8) is 0 Å². The lowest BCUT2D eigenvalue weighted by Gasteiger charge is -2.20. The summed E-state index contributed by atoms with van der Waals surface area (Å²) >= 11 is 0. The van der Waals surface area contributed by atoms with E-state index < -0.39 is 0 Å². The second-order valence-electron chi connectivity index (χ2n) is 6.05. The normalized spacial score (nSPS) is 14.4. The molecule has 0 bridgehead atoms. The summed E-state index contributed by atoms with van der Waals surface area (Å²) in [6.07, 6.45) is 9.89. The lowest BCUT2D eigenvalue weighted by molar-refractivity contribution is 0.319. The summed E-state index contributed by atoms with van der Waals surface area (Å²) in [5.74, 6) is 0.936. The molecule has 0 aromatic rings. The van der Waals surface area contributed by atoms with Crippen molar-refractivity contribution in [2.45, 2.75) is 79.6 Å². The van der Waals surface area contributed by atoms with Gasteiger partial charge >= 0.3 is 0 Å². The van der Waals surface area contributed by atoms with E-state index in [0.29, 0.717) is 5.41 Å². The number of rotatable bonds is 7. The van der Waals surface area contributed by atoms with Crippen LogP contribution >= 0.6 is 0 Å². The van der Waals surface area contributed by atoms with Gasteiger partial charge in [0.05, 0.1) is 0 Å². The molecule has 0 rings (SSSR count). The van der Waals surface area contributed by atoms with Gasteiger partial charge in [0.15, 0.2) is 0 Å².